The predicted molar refractivity (Wildman–Crippen MR) is 89.5 cm³/mol. The monoisotopic (exact) mass is 306 g/mol. The molecule has 116 valence electrons. The second-order valence-electron chi connectivity index (χ2n) is 5.42. The minimum atomic E-state index is -0.0559. The van der Waals surface area contributed by atoms with Crippen LogP contribution in [0.2, 0.25) is 0 Å². The van der Waals surface area contributed by atoms with Crippen molar-refractivity contribution in [3.8, 4) is 5.69 Å². The first kappa shape index (κ1) is 15.0. The molecule has 23 heavy (non-hydrogen) atoms. The number of anilines is 1. The summed E-state index contributed by atoms with van der Waals surface area (Å²) in [5, 5.41) is 7.21. The molecule has 0 aliphatic rings. The number of carbonyl (C=O) groups is 1. The molecule has 1 unspecified atom stereocenters. The smallest absolute Gasteiger partial charge is 0.226 e. The molecule has 1 aromatic carbocycles. The number of pyridine rings is 1. The highest BCUT2D eigenvalue weighted by Gasteiger charge is 2.12. The van der Waals surface area contributed by atoms with Gasteiger partial charge in [0.25, 0.3) is 0 Å². The van der Waals surface area contributed by atoms with E-state index in [-0.39, 0.29) is 11.8 Å². The molecule has 5 heteroatoms. The molecule has 0 fully saturated rings. The molecule has 3 aromatic rings. The number of hydrogen-bond donors (Lipinski definition) is 1. The van der Waals surface area contributed by atoms with Crippen molar-refractivity contribution >= 4 is 11.7 Å². The number of aromatic nitrogens is 3. The molecule has 1 atom stereocenters. The second-order valence-corrected chi connectivity index (χ2v) is 5.42. The van der Waals surface area contributed by atoms with E-state index >= 15 is 0 Å². The van der Waals surface area contributed by atoms with Gasteiger partial charge in [0.1, 0.15) is 0 Å². The van der Waals surface area contributed by atoms with Crippen molar-refractivity contribution in [2.45, 2.75) is 19.3 Å². The normalized spacial score (nSPS) is 11.9. The van der Waals surface area contributed by atoms with Crippen LogP contribution in [0.3, 0.4) is 0 Å². The molecular weight excluding hydrogens is 288 g/mol. The quantitative estimate of drug-likeness (QED) is 0.786. The lowest BCUT2D eigenvalue weighted by Gasteiger charge is -2.10. The van der Waals surface area contributed by atoms with E-state index in [1.54, 1.807) is 23.1 Å². The predicted octanol–water partition coefficient (Wildman–Crippen LogP) is 3.40. The average Bonchev–Trinajstić information content (AvgIpc) is 3.04. The van der Waals surface area contributed by atoms with E-state index in [2.05, 4.69) is 15.4 Å². The van der Waals surface area contributed by atoms with Gasteiger partial charge in [0.15, 0.2) is 5.82 Å². The Bertz CT molecular complexity index is 768. The molecule has 0 radical (unpaired) electrons. The van der Waals surface area contributed by atoms with E-state index in [1.165, 1.54) is 0 Å². The highest BCUT2D eigenvalue weighted by Crippen LogP contribution is 2.18. The zero-order chi connectivity index (χ0) is 16.1. The lowest BCUT2D eigenvalue weighted by molar-refractivity contribution is -0.116. The second kappa shape index (κ2) is 6.87. The fraction of sp³-hybridized carbons (Fsp3) is 0.167. The fourth-order valence-electron chi connectivity index (χ4n) is 2.37. The largest absolute Gasteiger partial charge is 0.309 e. The van der Waals surface area contributed by atoms with Crippen molar-refractivity contribution in [3.63, 3.8) is 0 Å². The molecule has 1 N–H and O–H groups in total. The Kier molecular flexibility index (Phi) is 4.47. The molecule has 0 aliphatic carbocycles. The van der Waals surface area contributed by atoms with Gasteiger partial charge in [-0.1, -0.05) is 31.2 Å². The van der Waals surface area contributed by atoms with Gasteiger partial charge in [-0.2, -0.15) is 5.10 Å². The van der Waals surface area contributed by atoms with Crippen LogP contribution in [0, 0.1) is 0 Å². The highest BCUT2D eigenvalue weighted by molar-refractivity contribution is 5.90. The Morgan fingerprint density at radius 1 is 1.17 bits per heavy atom. The van der Waals surface area contributed by atoms with Crippen molar-refractivity contribution in [2.75, 3.05) is 5.32 Å². The lowest BCUT2D eigenvalue weighted by atomic mass is 9.99. The Balaban J connectivity index is 1.61. The molecular formula is C18H18N4O. The summed E-state index contributed by atoms with van der Waals surface area (Å²) in [6.45, 7) is 2.01. The molecule has 0 spiro atoms. The third-order valence-corrected chi connectivity index (χ3v) is 3.62. The van der Waals surface area contributed by atoms with E-state index < -0.39 is 0 Å². The molecule has 2 aromatic heterocycles. The summed E-state index contributed by atoms with van der Waals surface area (Å²) in [4.78, 5) is 16.2. The maximum atomic E-state index is 12.2. The van der Waals surface area contributed by atoms with Crippen molar-refractivity contribution in [1.29, 1.82) is 0 Å². The first-order chi connectivity index (χ1) is 11.2. The van der Waals surface area contributed by atoms with Crippen LogP contribution < -0.4 is 5.32 Å². The summed E-state index contributed by atoms with van der Waals surface area (Å²) in [6.07, 6.45) is 5.74. The Labute approximate surface area is 135 Å². The zero-order valence-electron chi connectivity index (χ0n) is 12.9. The Hall–Kier alpha value is -2.95. The van der Waals surface area contributed by atoms with E-state index in [9.17, 15) is 4.79 Å². The number of para-hydroxylation sites is 1. The van der Waals surface area contributed by atoms with Gasteiger partial charge < -0.3 is 5.32 Å². The summed E-state index contributed by atoms with van der Waals surface area (Å²) in [5.41, 5.74) is 2.01. The molecule has 1 amide bonds. The number of hydrogen-bond acceptors (Lipinski definition) is 3. The number of nitrogens with zero attached hydrogens (tertiary/aromatic N) is 3. The van der Waals surface area contributed by atoms with E-state index in [0.29, 0.717) is 12.2 Å². The van der Waals surface area contributed by atoms with Crippen molar-refractivity contribution < 1.29 is 4.79 Å². The number of nitrogens with one attached hydrogen (secondary N) is 1. The first-order valence-electron chi connectivity index (χ1n) is 7.53. The molecule has 0 saturated heterocycles. The van der Waals surface area contributed by atoms with Crippen LogP contribution in [0.15, 0.2) is 67.1 Å². The molecule has 0 aliphatic heterocycles. The van der Waals surface area contributed by atoms with Crippen LogP contribution >= 0.6 is 0 Å². The number of benzene rings is 1. The van der Waals surface area contributed by atoms with Gasteiger partial charge in [0.05, 0.1) is 5.69 Å². The molecule has 5 nitrogen and oxygen atoms in total. The van der Waals surface area contributed by atoms with Crippen LogP contribution in [-0.4, -0.2) is 20.7 Å². The first-order valence-corrected chi connectivity index (χ1v) is 7.53. The van der Waals surface area contributed by atoms with Gasteiger partial charge in [-0.3, -0.25) is 9.78 Å². The minimum Gasteiger partial charge on any atom is -0.309 e. The average molecular weight is 306 g/mol. The standard InChI is InChI=1S/C18H18N4O/c1-14(15-6-5-10-19-13-15)12-18(23)20-17-9-11-22(21-17)16-7-3-2-4-8-16/h2-11,13-14H,12H2,1H3,(H,20,21,23). The lowest BCUT2D eigenvalue weighted by Crippen LogP contribution is -2.15. The summed E-state index contributed by atoms with van der Waals surface area (Å²) >= 11 is 0. The third-order valence-electron chi connectivity index (χ3n) is 3.62. The van der Waals surface area contributed by atoms with Crippen molar-refractivity contribution in [3.05, 3.63) is 72.7 Å². The summed E-state index contributed by atoms with van der Waals surface area (Å²) in [6, 6.07) is 15.4. The van der Waals surface area contributed by atoms with Gasteiger partial charge in [-0.05, 0) is 29.7 Å². The number of rotatable bonds is 5. The Morgan fingerprint density at radius 2 is 2.00 bits per heavy atom. The van der Waals surface area contributed by atoms with Crippen molar-refractivity contribution in [2.24, 2.45) is 0 Å². The maximum Gasteiger partial charge on any atom is 0.226 e. The number of amides is 1. The van der Waals surface area contributed by atoms with Gasteiger partial charge in [0, 0.05) is 31.1 Å². The maximum absolute atomic E-state index is 12.2. The number of carbonyl (C=O) groups excluding carboxylic acids is 1. The van der Waals surface area contributed by atoms with Gasteiger partial charge in [0.2, 0.25) is 5.91 Å². The van der Waals surface area contributed by atoms with Crippen LogP contribution in [0.4, 0.5) is 5.82 Å². The molecule has 0 bridgehead atoms. The van der Waals surface area contributed by atoms with Gasteiger partial charge in [-0.15, -0.1) is 0 Å². The van der Waals surface area contributed by atoms with E-state index in [0.717, 1.165) is 11.3 Å². The third kappa shape index (κ3) is 3.83. The molecule has 3 rings (SSSR count). The topological polar surface area (TPSA) is 59.8 Å². The van der Waals surface area contributed by atoms with E-state index in [4.69, 9.17) is 0 Å². The fourth-order valence-corrected chi connectivity index (χ4v) is 2.37. The van der Waals surface area contributed by atoms with Crippen molar-refractivity contribution in [1.82, 2.24) is 14.8 Å². The zero-order valence-corrected chi connectivity index (χ0v) is 12.9. The van der Waals surface area contributed by atoms with Crippen LogP contribution in [-0.2, 0) is 4.79 Å². The summed E-state index contributed by atoms with van der Waals surface area (Å²) in [5.74, 6) is 0.608. The highest BCUT2D eigenvalue weighted by atomic mass is 16.1. The molecule has 2 heterocycles. The summed E-state index contributed by atoms with van der Waals surface area (Å²) < 4.78 is 1.74. The van der Waals surface area contributed by atoms with E-state index in [1.807, 2.05) is 55.6 Å². The van der Waals surface area contributed by atoms with Crippen LogP contribution in [0.1, 0.15) is 24.8 Å². The van der Waals surface area contributed by atoms with Crippen LogP contribution in [0.5, 0.6) is 0 Å². The molecule has 0 saturated carbocycles. The SMILES string of the molecule is CC(CC(=O)Nc1ccn(-c2ccccc2)n1)c1cccnc1. The minimum absolute atomic E-state index is 0.0559. The summed E-state index contributed by atoms with van der Waals surface area (Å²) in [7, 11) is 0. The van der Waals surface area contributed by atoms with Gasteiger partial charge >= 0.3 is 0 Å². The van der Waals surface area contributed by atoms with Crippen LogP contribution in [0.25, 0.3) is 5.69 Å². The van der Waals surface area contributed by atoms with Gasteiger partial charge in [-0.25, -0.2) is 4.68 Å². The Morgan fingerprint density at radius 3 is 2.74 bits per heavy atom.